The van der Waals surface area contributed by atoms with Gasteiger partial charge in [-0.1, -0.05) is 6.07 Å². The fourth-order valence-electron chi connectivity index (χ4n) is 4.27. The van der Waals surface area contributed by atoms with E-state index in [0.717, 1.165) is 60.2 Å². The van der Waals surface area contributed by atoms with Gasteiger partial charge in [0.2, 0.25) is 6.79 Å². The molecule has 1 fully saturated rings. The second kappa shape index (κ2) is 7.11. The van der Waals surface area contributed by atoms with Crippen molar-refractivity contribution in [3.05, 3.63) is 72.4 Å². The highest BCUT2D eigenvalue weighted by Gasteiger charge is 2.27. The van der Waals surface area contributed by atoms with Crippen molar-refractivity contribution in [3.63, 3.8) is 0 Å². The maximum atomic E-state index is 5.50. The Morgan fingerprint density at radius 2 is 1.87 bits per heavy atom. The molecule has 5 heterocycles. The number of benzene rings is 1. The molecule has 7 nitrogen and oxygen atoms in total. The van der Waals surface area contributed by atoms with Gasteiger partial charge in [-0.15, -0.1) is 0 Å². The summed E-state index contributed by atoms with van der Waals surface area (Å²) in [5, 5.41) is 4.80. The van der Waals surface area contributed by atoms with Crippen LogP contribution < -0.4 is 9.47 Å². The first-order valence-corrected chi connectivity index (χ1v) is 10.2. The number of likely N-dealkylation sites (tertiary alicyclic amines) is 1. The van der Waals surface area contributed by atoms with E-state index in [1.165, 1.54) is 5.56 Å². The van der Waals surface area contributed by atoms with E-state index in [-0.39, 0.29) is 0 Å². The van der Waals surface area contributed by atoms with Crippen LogP contribution in [0.3, 0.4) is 0 Å². The van der Waals surface area contributed by atoms with E-state index in [0.29, 0.717) is 12.7 Å². The zero-order valence-electron chi connectivity index (χ0n) is 16.4. The minimum absolute atomic E-state index is 0.313. The molecule has 4 aromatic rings. The summed E-state index contributed by atoms with van der Waals surface area (Å²) in [5.41, 5.74) is 4.36. The molecule has 2 aliphatic heterocycles. The molecule has 0 radical (unpaired) electrons. The van der Waals surface area contributed by atoms with Gasteiger partial charge >= 0.3 is 0 Å². The van der Waals surface area contributed by atoms with Gasteiger partial charge in [-0.3, -0.25) is 9.88 Å². The van der Waals surface area contributed by atoms with Crippen molar-refractivity contribution in [2.75, 3.05) is 19.9 Å². The van der Waals surface area contributed by atoms with Crippen LogP contribution in [0.1, 0.15) is 23.7 Å². The second-order valence-electron chi connectivity index (χ2n) is 7.83. The lowest BCUT2D eigenvalue weighted by Gasteiger charge is -2.15. The summed E-state index contributed by atoms with van der Waals surface area (Å²) >= 11 is 0. The predicted molar refractivity (Wildman–Crippen MR) is 111 cm³/mol. The number of hydrogen-bond acceptors (Lipinski definition) is 6. The van der Waals surface area contributed by atoms with Crippen LogP contribution in [-0.4, -0.2) is 44.4 Å². The average molecular weight is 399 g/mol. The van der Waals surface area contributed by atoms with E-state index in [1.807, 2.05) is 35.0 Å². The van der Waals surface area contributed by atoms with Crippen molar-refractivity contribution < 1.29 is 9.47 Å². The van der Waals surface area contributed by atoms with E-state index in [4.69, 9.17) is 19.6 Å². The summed E-state index contributed by atoms with van der Waals surface area (Å²) in [5.74, 6) is 2.95. The molecule has 0 aliphatic carbocycles. The molecule has 0 amide bonds. The van der Waals surface area contributed by atoms with Gasteiger partial charge < -0.3 is 9.47 Å². The lowest BCUT2D eigenvalue weighted by molar-refractivity contribution is 0.174. The second-order valence-corrected chi connectivity index (χ2v) is 7.83. The Balaban J connectivity index is 1.18. The van der Waals surface area contributed by atoms with Crippen LogP contribution in [0.2, 0.25) is 0 Å². The van der Waals surface area contributed by atoms with Crippen LogP contribution in [0.15, 0.2) is 61.1 Å². The molecule has 1 saturated heterocycles. The van der Waals surface area contributed by atoms with Gasteiger partial charge in [0.25, 0.3) is 0 Å². The summed E-state index contributed by atoms with van der Waals surface area (Å²) < 4.78 is 12.8. The monoisotopic (exact) mass is 399 g/mol. The normalized spacial score (nSPS) is 18.3. The third-order valence-electron chi connectivity index (χ3n) is 5.84. The van der Waals surface area contributed by atoms with E-state index in [1.54, 1.807) is 12.4 Å². The van der Waals surface area contributed by atoms with Gasteiger partial charge in [-0.2, -0.15) is 5.10 Å². The molecule has 0 N–H and O–H groups in total. The first kappa shape index (κ1) is 17.4. The first-order chi connectivity index (χ1) is 14.8. The Labute approximate surface area is 173 Å². The van der Waals surface area contributed by atoms with Crippen molar-refractivity contribution >= 4 is 5.65 Å². The first-order valence-electron chi connectivity index (χ1n) is 10.2. The minimum atomic E-state index is 0.313. The minimum Gasteiger partial charge on any atom is -0.454 e. The number of nitrogens with zero attached hydrogens (tertiary/aromatic N) is 5. The fraction of sp³-hybridized carbons (Fsp3) is 0.261. The van der Waals surface area contributed by atoms with Gasteiger partial charge in [-0.05, 0) is 60.5 Å². The third-order valence-corrected chi connectivity index (χ3v) is 5.84. The molecule has 0 spiro atoms. The van der Waals surface area contributed by atoms with Crippen LogP contribution in [0.5, 0.6) is 11.5 Å². The Morgan fingerprint density at radius 1 is 0.967 bits per heavy atom. The molecule has 0 unspecified atom stereocenters. The van der Waals surface area contributed by atoms with Crippen LogP contribution in [0, 0.1) is 0 Å². The molecule has 6 rings (SSSR count). The standard InChI is InChI=1S/C23H21N5O2/c1-3-20-21(30-15-29-20)11-16(1)12-27-10-7-19(13-27)23-25-22-4-2-18(14-28(22)26-23)17-5-8-24-9-6-17/h1-6,8-9,11,14,19H,7,10,12-13,15H2/t19-/m1/s1. The maximum absolute atomic E-state index is 5.50. The third kappa shape index (κ3) is 3.17. The smallest absolute Gasteiger partial charge is 0.231 e. The van der Waals surface area contributed by atoms with Crippen LogP contribution in [0.4, 0.5) is 0 Å². The molecule has 150 valence electrons. The number of fused-ring (bicyclic) bond motifs is 2. The Kier molecular flexibility index (Phi) is 4.12. The molecular formula is C23H21N5O2. The van der Waals surface area contributed by atoms with Gasteiger partial charge in [0.1, 0.15) is 0 Å². The topological polar surface area (TPSA) is 64.8 Å². The summed E-state index contributed by atoms with van der Waals surface area (Å²) in [7, 11) is 0. The number of aromatic nitrogens is 4. The van der Waals surface area contributed by atoms with Crippen molar-refractivity contribution in [1.29, 1.82) is 0 Å². The van der Waals surface area contributed by atoms with Gasteiger partial charge in [0, 0.05) is 43.2 Å². The zero-order chi connectivity index (χ0) is 19.9. The average Bonchev–Trinajstić information content (AvgIpc) is 3.52. The van der Waals surface area contributed by atoms with Gasteiger partial charge in [0.05, 0.1) is 0 Å². The summed E-state index contributed by atoms with van der Waals surface area (Å²) in [6.07, 6.45) is 6.72. The quantitative estimate of drug-likeness (QED) is 0.523. The van der Waals surface area contributed by atoms with Crippen molar-refractivity contribution in [2.24, 2.45) is 0 Å². The molecular weight excluding hydrogens is 378 g/mol. The van der Waals surface area contributed by atoms with E-state index >= 15 is 0 Å². The summed E-state index contributed by atoms with van der Waals surface area (Å²) in [6.45, 7) is 3.21. The maximum Gasteiger partial charge on any atom is 0.231 e. The lowest BCUT2D eigenvalue weighted by Crippen LogP contribution is -2.20. The zero-order valence-corrected chi connectivity index (χ0v) is 16.4. The van der Waals surface area contributed by atoms with Gasteiger partial charge in [-0.25, -0.2) is 9.50 Å². The van der Waals surface area contributed by atoms with Crippen LogP contribution >= 0.6 is 0 Å². The highest BCUT2D eigenvalue weighted by Crippen LogP contribution is 2.34. The lowest BCUT2D eigenvalue weighted by atomic mass is 10.1. The molecule has 2 aliphatic rings. The number of hydrogen-bond donors (Lipinski definition) is 0. The van der Waals surface area contributed by atoms with Gasteiger partial charge in [0.15, 0.2) is 23.0 Å². The van der Waals surface area contributed by atoms with E-state index in [9.17, 15) is 0 Å². The molecule has 0 bridgehead atoms. The van der Waals surface area contributed by atoms with Crippen LogP contribution in [0.25, 0.3) is 16.8 Å². The van der Waals surface area contributed by atoms with Crippen molar-refractivity contribution in [3.8, 4) is 22.6 Å². The molecule has 0 saturated carbocycles. The number of pyridine rings is 2. The molecule has 30 heavy (non-hydrogen) atoms. The highest BCUT2D eigenvalue weighted by molar-refractivity contribution is 5.63. The van der Waals surface area contributed by atoms with Crippen molar-refractivity contribution in [2.45, 2.75) is 18.9 Å². The fourth-order valence-corrected chi connectivity index (χ4v) is 4.27. The Bertz CT molecular complexity index is 1210. The Hall–Kier alpha value is -3.45. The highest BCUT2D eigenvalue weighted by atomic mass is 16.7. The molecule has 7 heteroatoms. The SMILES string of the molecule is c1cc(-c2ccc3nc([C@@H]4CCN(Cc5ccc6c(c5)OCO6)C4)nn3c2)ccn1. The van der Waals surface area contributed by atoms with E-state index < -0.39 is 0 Å². The largest absolute Gasteiger partial charge is 0.454 e. The summed E-state index contributed by atoms with van der Waals surface area (Å²) in [4.78, 5) is 11.3. The number of rotatable bonds is 4. The van der Waals surface area contributed by atoms with E-state index in [2.05, 4.69) is 28.1 Å². The number of ether oxygens (including phenoxy) is 2. The summed E-state index contributed by atoms with van der Waals surface area (Å²) in [6, 6.07) is 14.3. The molecule has 1 aromatic carbocycles. The predicted octanol–water partition coefficient (Wildman–Crippen LogP) is 3.51. The van der Waals surface area contributed by atoms with Crippen molar-refractivity contribution in [1.82, 2.24) is 24.5 Å². The molecule has 1 atom stereocenters. The molecule has 3 aromatic heterocycles. The Morgan fingerprint density at radius 3 is 2.80 bits per heavy atom. The van der Waals surface area contributed by atoms with Crippen LogP contribution in [-0.2, 0) is 6.54 Å².